The van der Waals surface area contributed by atoms with Crippen LogP contribution in [0.5, 0.6) is 0 Å². The first-order chi connectivity index (χ1) is 6.77. The summed E-state index contributed by atoms with van der Waals surface area (Å²) in [6.07, 6.45) is 3.02. The fraction of sp³-hybridized carbons (Fsp3) is 0.556. The summed E-state index contributed by atoms with van der Waals surface area (Å²) in [5, 5.41) is 0.950. The van der Waals surface area contributed by atoms with Gasteiger partial charge in [0.1, 0.15) is 17.7 Å². The van der Waals surface area contributed by atoms with Gasteiger partial charge in [0.15, 0.2) is 5.82 Å². The van der Waals surface area contributed by atoms with Crippen molar-refractivity contribution in [3.05, 3.63) is 18.5 Å². The van der Waals surface area contributed by atoms with Gasteiger partial charge in [0.05, 0.1) is 6.04 Å². The van der Waals surface area contributed by atoms with Crippen molar-refractivity contribution in [1.82, 2.24) is 15.0 Å². The van der Waals surface area contributed by atoms with E-state index in [1.54, 1.807) is 11.8 Å². The van der Waals surface area contributed by atoms with Gasteiger partial charge >= 0.3 is 0 Å². The highest BCUT2D eigenvalue weighted by atomic mass is 32.2. The minimum atomic E-state index is 0.409. The molecule has 1 atom stereocenters. The predicted molar refractivity (Wildman–Crippen MR) is 57.4 cm³/mol. The molecule has 0 aliphatic carbocycles. The standard InChI is InChI=1S/C9H12N4S/c1-6(2)7-3-14-9(13-7)8-11-4-10-5-12-8/h4-7H,3H2,1-2H3. The van der Waals surface area contributed by atoms with Crippen LogP contribution < -0.4 is 0 Å². The first kappa shape index (κ1) is 9.58. The second-order valence-corrected chi connectivity index (χ2v) is 4.53. The van der Waals surface area contributed by atoms with Crippen LogP contribution in [0.2, 0.25) is 0 Å². The largest absolute Gasteiger partial charge is 0.270 e. The van der Waals surface area contributed by atoms with Gasteiger partial charge in [-0.05, 0) is 5.92 Å². The highest BCUT2D eigenvalue weighted by molar-refractivity contribution is 8.14. The molecule has 0 saturated carbocycles. The highest BCUT2D eigenvalue weighted by Gasteiger charge is 2.23. The molecule has 0 spiro atoms. The van der Waals surface area contributed by atoms with Crippen LogP contribution in [-0.2, 0) is 0 Å². The van der Waals surface area contributed by atoms with Crippen molar-refractivity contribution in [2.24, 2.45) is 10.9 Å². The number of aliphatic imine (C=N–C) groups is 1. The van der Waals surface area contributed by atoms with E-state index in [0.29, 0.717) is 17.8 Å². The van der Waals surface area contributed by atoms with E-state index < -0.39 is 0 Å². The third kappa shape index (κ3) is 1.92. The number of hydrogen-bond acceptors (Lipinski definition) is 5. The Morgan fingerprint density at radius 2 is 2.07 bits per heavy atom. The lowest BCUT2D eigenvalue weighted by Gasteiger charge is -2.07. The van der Waals surface area contributed by atoms with Gasteiger partial charge in [-0.1, -0.05) is 13.8 Å². The van der Waals surface area contributed by atoms with E-state index in [9.17, 15) is 0 Å². The summed E-state index contributed by atoms with van der Waals surface area (Å²) < 4.78 is 0. The molecular weight excluding hydrogens is 196 g/mol. The first-order valence-corrected chi connectivity index (χ1v) is 5.59. The fourth-order valence-electron chi connectivity index (χ4n) is 1.20. The molecule has 0 amide bonds. The number of nitrogens with zero attached hydrogens (tertiary/aromatic N) is 4. The molecule has 1 aromatic heterocycles. The molecule has 0 aromatic carbocycles. The number of rotatable bonds is 2. The Bertz CT molecular complexity index is 336. The predicted octanol–water partition coefficient (Wildman–Crippen LogP) is 1.39. The quantitative estimate of drug-likeness (QED) is 0.737. The van der Waals surface area contributed by atoms with Gasteiger partial charge in [0.2, 0.25) is 0 Å². The monoisotopic (exact) mass is 208 g/mol. The zero-order valence-corrected chi connectivity index (χ0v) is 9.03. The third-order valence-corrected chi connectivity index (χ3v) is 3.20. The van der Waals surface area contributed by atoms with Gasteiger partial charge in [0.25, 0.3) is 0 Å². The van der Waals surface area contributed by atoms with Gasteiger partial charge < -0.3 is 0 Å². The van der Waals surface area contributed by atoms with Crippen LogP contribution in [0.4, 0.5) is 0 Å². The average Bonchev–Trinajstić information content (AvgIpc) is 2.68. The summed E-state index contributed by atoms with van der Waals surface area (Å²) in [4.78, 5) is 16.5. The molecule has 0 saturated heterocycles. The number of aromatic nitrogens is 3. The molecule has 74 valence electrons. The zero-order valence-electron chi connectivity index (χ0n) is 8.21. The first-order valence-electron chi connectivity index (χ1n) is 4.60. The zero-order chi connectivity index (χ0) is 9.97. The maximum Gasteiger partial charge on any atom is 0.187 e. The SMILES string of the molecule is CC(C)C1CSC(c2ncncn2)=N1. The molecule has 0 bridgehead atoms. The minimum absolute atomic E-state index is 0.409. The molecule has 2 heterocycles. The Morgan fingerprint density at radius 3 is 2.64 bits per heavy atom. The van der Waals surface area contributed by atoms with Crippen molar-refractivity contribution in [3.63, 3.8) is 0 Å². The Labute approximate surface area is 87.3 Å². The van der Waals surface area contributed by atoms with E-state index in [1.165, 1.54) is 12.7 Å². The van der Waals surface area contributed by atoms with E-state index in [1.807, 2.05) is 0 Å². The lowest BCUT2D eigenvalue weighted by Crippen LogP contribution is -2.11. The summed E-state index contributed by atoms with van der Waals surface area (Å²) in [5.41, 5.74) is 0. The maximum absolute atomic E-state index is 4.58. The Hall–Kier alpha value is -0.970. The molecule has 0 radical (unpaired) electrons. The van der Waals surface area contributed by atoms with Gasteiger partial charge in [-0.2, -0.15) is 0 Å². The normalized spacial score (nSPS) is 21.4. The third-order valence-electron chi connectivity index (χ3n) is 2.13. The van der Waals surface area contributed by atoms with Crippen molar-refractivity contribution < 1.29 is 0 Å². The van der Waals surface area contributed by atoms with Gasteiger partial charge in [-0.15, -0.1) is 11.8 Å². The average molecular weight is 208 g/mol. The minimum Gasteiger partial charge on any atom is -0.270 e. The second kappa shape index (κ2) is 4.04. The molecule has 14 heavy (non-hydrogen) atoms. The van der Waals surface area contributed by atoms with Crippen LogP contribution in [0.1, 0.15) is 19.7 Å². The Morgan fingerprint density at radius 1 is 1.36 bits per heavy atom. The molecule has 4 nitrogen and oxygen atoms in total. The van der Waals surface area contributed by atoms with Crippen LogP contribution >= 0.6 is 11.8 Å². The van der Waals surface area contributed by atoms with E-state index in [2.05, 4.69) is 33.8 Å². The van der Waals surface area contributed by atoms with Crippen LogP contribution in [-0.4, -0.2) is 31.8 Å². The second-order valence-electron chi connectivity index (χ2n) is 3.52. The lowest BCUT2D eigenvalue weighted by atomic mass is 10.1. The van der Waals surface area contributed by atoms with Gasteiger partial charge in [-0.3, -0.25) is 4.99 Å². The molecule has 1 unspecified atom stereocenters. The van der Waals surface area contributed by atoms with E-state index in [0.717, 1.165) is 10.8 Å². The van der Waals surface area contributed by atoms with Crippen molar-refractivity contribution in [1.29, 1.82) is 0 Å². The molecular formula is C9H12N4S. The smallest absolute Gasteiger partial charge is 0.187 e. The topological polar surface area (TPSA) is 51.0 Å². The van der Waals surface area contributed by atoms with Crippen molar-refractivity contribution in [2.45, 2.75) is 19.9 Å². The van der Waals surface area contributed by atoms with Crippen LogP contribution in [0.25, 0.3) is 0 Å². The number of thioether (sulfide) groups is 1. The van der Waals surface area contributed by atoms with Gasteiger partial charge in [-0.25, -0.2) is 15.0 Å². The van der Waals surface area contributed by atoms with Crippen molar-refractivity contribution >= 4 is 16.8 Å². The molecule has 1 aliphatic heterocycles. The van der Waals surface area contributed by atoms with Crippen molar-refractivity contribution in [3.8, 4) is 0 Å². The molecule has 2 rings (SSSR count). The fourth-order valence-corrected chi connectivity index (χ4v) is 2.44. The van der Waals surface area contributed by atoms with Crippen LogP contribution in [0, 0.1) is 5.92 Å². The molecule has 5 heteroatoms. The molecule has 0 fully saturated rings. The number of hydrogen-bond donors (Lipinski definition) is 0. The van der Waals surface area contributed by atoms with Crippen LogP contribution in [0.3, 0.4) is 0 Å². The Kier molecular flexibility index (Phi) is 2.77. The summed E-state index contributed by atoms with van der Waals surface area (Å²) >= 11 is 1.73. The molecule has 0 N–H and O–H groups in total. The van der Waals surface area contributed by atoms with Gasteiger partial charge in [0, 0.05) is 5.75 Å². The maximum atomic E-state index is 4.58. The molecule has 1 aliphatic rings. The highest BCUT2D eigenvalue weighted by Crippen LogP contribution is 2.25. The lowest BCUT2D eigenvalue weighted by molar-refractivity contribution is 0.543. The Balaban J connectivity index is 2.18. The summed E-state index contributed by atoms with van der Waals surface area (Å²) in [7, 11) is 0. The summed E-state index contributed by atoms with van der Waals surface area (Å²) in [5.74, 6) is 2.33. The summed E-state index contributed by atoms with van der Waals surface area (Å²) in [6, 6.07) is 0.409. The molecule has 1 aromatic rings. The van der Waals surface area contributed by atoms with E-state index >= 15 is 0 Å². The van der Waals surface area contributed by atoms with E-state index in [4.69, 9.17) is 0 Å². The van der Waals surface area contributed by atoms with Crippen molar-refractivity contribution in [2.75, 3.05) is 5.75 Å². The summed E-state index contributed by atoms with van der Waals surface area (Å²) in [6.45, 7) is 4.37. The van der Waals surface area contributed by atoms with Crippen LogP contribution in [0.15, 0.2) is 17.6 Å². The van der Waals surface area contributed by atoms with E-state index in [-0.39, 0.29) is 0 Å².